The largest absolute Gasteiger partial charge is 0.349 e. The van der Waals surface area contributed by atoms with Crippen LogP contribution < -0.4 is 5.32 Å². The summed E-state index contributed by atoms with van der Waals surface area (Å²) < 4.78 is 0.616. The Morgan fingerprint density at radius 1 is 1.53 bits per heavy atom. The van der Waals surface area contributed by atoms with Gasteiger partial charge in [0, 0.05) is 13.1 Å². The van der Waals surface area contributed by atoms with Crippen molar-refractivity contribution in [2.24, 2.45) is 0 Å². The first kappa shape index (κ1) is 12.5. The summed E-state index contributed by atoms with van der Waals surface area (Å²) in [6.45, 7) is 3.61. The number of hydrogen-bond acceptors (Lipinski definition) is 5. The standard InChI is InChI=1S/C10H16N4OS2/c1-7(11-9-12-13-10(16)17-9)8(15)14-5-3-2-4-6-14/h7H,2-6H2,1H3,(H,11,12)(H,13,16). The molecule has 1 aromatic rings. The molecule has 1 aliphatic heterocycles. The van der Waals surface area contributed by atoms with Crippen LogP contribution in [0.1, 0.15) is 26.2 Å². The molecule has 2 N–H and O–H groups in total. The van der Waals surface area contributed by atoms with E-state index in [1.54, 1.807) is 0 Å². The topological polar surface area (TPSA) is 61.0 Å². The Morgan fingerprint density at radius 2 is 2.24 bits per heavy atom. The summed E-state index contributed by atoms with van der Waals surface area (Å²) in [5, 5.41) is 10.4. The van der Waals surface area contributed by atoms with Crippen molar-refractivity contribution in [3.8, 4) is 0 Å². The number of rotatable bonds is 3. The van der Waals surface area contributed by atoms with Gasteiger partial charge in [-0.1, -0.05) is 11.3 Å². The van der Waals surface area contributed by atoms with Gasteiger partial charge in [0.1, 0.15) is 6.04 Å². The fraction of sp³-hybridized carbons (Fsp3) is 0.700. The van der Waals surface area contributed by atoms with Gasteiger partial charge in [-0.05, 0) is 38.4 Å². The summed E-state index contributed by atoms with van der Waals surface area (Å²) >= 11 is 6.29. The first-order chi connectivity index (χ1) is 8.16. The highest BCUT2D eigenvalue weighted by Crippen LogP contribution is 2.15. The molecule has 5 nitrogen and oxygen atoms in total. The molecule has 2 heterocycles. The van der Waals surface area contributed by atoms with Crippen LogP contribution in [0.4, 0.5) is 5.13 Å². The smallest absolute Gasteiger partial charge is 0.244 e. The van der Waals surface area contributed by atoms with E-state index in [4.69, 9.17) is 12.2 Å². The minimum atomic E-state index is -0.248. The van der Waals surface area contributed by atoms with Crippen molar-refractivity contribution in [1.29, 1.82) is 0 Å². The Morgan fingerprint density at radius 3 is 2.82 bits per heavy atom. The zero-order valence-corrected chi connectivity index (χ0v) is 11.4. The molecular formula is C10H16N4OS2. The van der Waals surface area contributed by atoms with E-state index in [2.05, 4.69) is 15.5 Å². The van der Waals surface area contributed by atoms with Crippen LogP contribution in [0.3, 0.4) is 0 Å². The second-order valence-electron chi connectivity index (χ2n) is 4.17. The van der Waals surface area contributed by atoms with E-state index in [0.29, 0.717) is 9.09 Å². The molecule has 2 rings (SSSR count). The van der Waals surface area contributed by atoms with Crippen LogP contribution in [0, 0.1) is 3.95 Å². The van der Waals surface area contributed by atoms with E-state index >= 15 is 0 Å². The van der Waals surface area contributed by atoms with Crippen LogP contribution in [0.2, 0.25) is 0 Å². The molecule has 0 bridgehead atoms. The van der Waals surface area contributed by atoms with E-state index < -0.39 is 0 Å². The quantitative estimate of drug-likeness (QED) is 0.826. The number of amides is 1. The molecule has 1 saturated heterocycles. The molecule has 1 atom stereocenters. The van der Waals surface area contributed by atoms with Crippen molar-refractivity contribution in [3.63, 3.8) is 0 Å². The van der Waals surface area contributed by atoms with Gasteiger partial charge in [-0.3, -0.25) is 9.89 Å². The number of H-pyrrole nitrogens is 1. The van der Waals surface area contributed by atoms with Crippen LogP contribution in [-0.4, -0.2) is 40.1 Å². The van der Waals surface area contributed by atoms with E-state index in [-0.39, 0.29) is 11.9 Å². The third-order valence-electron chi connectivity index (χ3n) is 2.82. The molecule has 1 unspecified atom stereocenters. The number of carbonyl (C=O) groups excluding carboxylic acids is 1. The molecule has 7 heteroatoms. The number of likely N-dealkylation sites (tertiary alicyclic amines) is 1. The van der Waals surface area contributed by atoms with Gasteiger partial charge in [-0.2, -0.15) is 0 Å². The lowest BCUT2D eigenvalue weighted by Gasteiger charge is -2.29. The van der Waals surface area contributed by atoms with E-state index in [9.17, 15) is 4.79 Å². The highest BCUT2D eigenvalue weighted by atomic mass is 32.1. The van der Waals surface area contributed by atoms with Crippen molar-refractivity contribution in [2.45, 2.75) is 32.2 Å². The Balaban J connectivity index is 1.92. The summed E-state index contributed by atoms with van der Waals surface area (Å²) in [5.74, 6) is 0.144. The average molecular weight is 272 g/mol. The number of aromatic nitrogens is 2. The van der Waals surface area contributed by atoms with Crippen LogP contribution in [0.5, 0.6) is 0 Å². The number of anilines is 1. The number of aromatic amines is 1. The molecule has 1 fully saturated rings. The number of piperidine rings is 1. The summed E-state index contributed by atoms with van der Waals surface area (Å²) in [6, 6.07) is -0.248. The molecule has 0 aliphatic carbocycles. The zero-order chi connectivity index (χ0) is 12.3. The van der Waals surface area contributed by atoms with Crippen molar-refractivity contribution >= 4 is 34.6 Å². The molecule has 0 aromatic carbocycles. The summed E-state index contributed by atoms with van der Waals surface area (Å²) in [5.41, 5.74) is 0. The van der Waals surface area contributed by atoms with Crippen molar-refractivity contribution < 1.29 is 4.79 Å². The van der Waals surface area contributed by atoms with Crippen LogP contribution in [0.25, 0.3) is 0 Å². The molecule has 0 saturated carbocycles. The SMILES string of the molecule is CC(Nc1n[nH]c(=S)s1)C(=O)N1CCCCC1. The molecule has 0 spiro atoms. The minimum absolute atomic E-state index is 0.144. The van der Waals surface area contributed by atoms with Gasteiger partial charge in [0.15, 0.2) is 3.95 Å². The first-order valence-electron chi connectivity index (χ1n) is 5.77. The Kier molecular flexibility index (Phi) is 4.11. The molecular weight excluding hydrogens is 256 g/mol. The lowest BCUT2D eigenvalue weighted by atomic mass is 10.1. The average Bonchev–Trinajstić information content (AvgIpc) is 2.75. The monoisotopic (exact) mass is 272 g/mol. The normalized spacial score (nSPS) is 17.8. The predicted octanol–water partition coefficient (Wildman–Crippen LogP) is 2.01. The third-order valence-corrected chi connectivity index (χ3v) is 3.84. The van der Waals surface area contributed by atoms with Gasteiger partial charge in [0.25, 0.3) is 0 Å². The van der Waals surface area contributed by atoms with Gasteiger partial charge in [-0.15, -0.1) is 5.10 Å². The Labute approximate surface area is 109 Å². The summed E-state index contributed by atoms with van der Waals surface area (Å²) in [6.07, 6.45) is 3.45. The van der Waals surface area contributed by atoms with Crippen LogP contribution in [-0.2, 0) is 4.79 Å². The highest BCUT2D eigenvalue weighted by molar-refractivity contribution is 7.73. The van der Waals surface area contributed by atoms with Gasteiger partial charge in [0.05, 0.1) is 0 Å². The maximum absolute atomic E-state index is 12.1. The Hall–Kier alpha value is -0.950. The number of hydrogen-bond donors (Lipinski definition) is 2. The second kappa shape index (κ2) is 5.59. The molecule has 17 heavy (non-hydrogen) atoms. The predicted molar refractivity (Wildman–Crippen MR) is 70.8 cm³/mol. The van der Waals surface area contributed by atoms with Gasteiger partial charge in [0.2, 0.25) is 11.0 Å². The number of nitrogens with one attached hydrogen (secondary N) is 2. The lowest BCUT2D eigenvalue weighted by Crippen LogP contribution is -2.43. The molecule has 1 aliphatic rings. The molecule has 1 aromatic heterocycles. The summed E-state index contributed by atoms with van der Waals surface area (Å²) in [4.78, 5) is 14.0. The van der Waals surface area contributed by atoms with E-state index in [0.717, 1.165) is 25.9 Å². The van der Waals surface area contributed by atoms with Gasteiger partial charge in [-0.25, -0.2) is 0 Å². The van der Waals surface area contributed by atoms with Crippen molar-refractivity contribution in [3.05, 3.63) is 3.95 Å². The van der Waals surface area contributed by atoms with Crippen LogP contribution in [0.15, 0.2) is 0 Å². The van der Waals surface area contributed by atoms with E-state index in [1.807, 2.05) is 11.8 Å². The number of nitrogens with zero attached hydrogens (tertiary/aromatic N) is 2. The molecule has 94 valence electrons. The highest BCUT2D eigenvalue weighted by Gasteiger charge is 2.22. The van der Waals surface area contributed by atoms with E-state index in [1.165, 1.54) is 17.8 Å². The second-order valence-corrected chi connectivity index (χ2v) is 5.84. The lowest BCUT2D eigenvalue weighted by molar-refractivity contribution is -0.132. The summed E-state index contributed by atoms with van der Waals surface area (Å²) in [7, 11) is 0. The number of carbonyl (C=O) groups is 1. The van der Waals surface area contributed by atoms with Crippen molar-refractivity contribution in [2.75, 3.05) is 18.4 Å². The first-order valence-corrected chi connectivity index (χ1v) is 7.00. The maximum Gasteiger partial charge on any atom is 0.244 e. The fourth-order valence-electron chi connectivity index (χ4n) is 1.93. The maximum atomic E-state index is 12.1. The van der Waals surface area contributed by atoms with Crippen LogP contribution >= 0.6 is 23.6 Å². The van der Waals surface area contributed by atoms with Crippen molar-refractivity contribution in [1.82, 2.24) is 15.1 Å². The molecule has 1 amide bonds. The molecule has 0 radical (unpaired) electrons. The minimum Gasteiger partial charge on any atom is -0.349 e. The fourth-order valence-corrected chi connectivity index (χ4v) is 2.80. The zero-order valence-electron chi connectivity index (χ0n) is 9.73. The van der Waals surface area contributed by atoms with Gasteiger partial charge >= 0.3 is 0 Å². The van der Waals surface area contributed by atoms with Gasteiger partial charge < -0.3 is 10.2 Å². The third kappa shape index (κ3) is 3.26. The Bertz CT molecular complexity index is 436.